The number of nitrogens with one attached hydrogen (secondary N) is 1. The van der Waals surface area contributed by atoms with Crippen molar-refractivity contribution in [2.24, 2.45) is 0 Å². The van der Waals surface area contributed by atoms with Crippen molar-refractivity contribution in [1.82, 2.24) is 29.2 Å². The molecule has 0 bridgehead atoms. The average molecular weight is 577 g/mol. The predicted molar refractivity (Wildman–Crippen MR) is 158 cm³/mol. The minimum absolute atomic E-state index is 0.113. The van der Waals surface area contributed by atoms with Gasteiger partial charge in [0.1, 0.15) is 17.1 Å². The van der Waals surface area contributed by atoms with Crippen molar-refractivity contribution in [3.05, 3.63) is 59.5 Å². The van der Waals surface area contributed by atoms with E-state index < -0.39 is 0 Å². The normalized spacial score (nSPS) is 16.3. The van der Waals surface area contributed by atoms with E-state index >= 15 is 0 Å². The van der Waals surface area contributed by atoms with Gasteiger partial charge in [0.15, 0.2) is 0 Å². The van der Waals surface area contributed by atoms with Crippen molar-refractivity contribution in [1.29, 1.82) is 0 Å². The Bertz CT molecular complexity index is 1550. The standard InChI is InChI=1S/C29H33ClN8O3/c1-20(39)36-7-9-37(10-8-36)22-3-4-24(26(16-22)40-2)33-29-32-17-23(30)28(34-29)25-18-31-27-15-21(5-6-38(25)27)19-35-11-13-41-14-12-35/h3-6,15-18H,7-14,19H2,1-2H3,(H,32,33,34). The van der Waals surface area contributed by atoms with E-state index in [2.05, 4.69) is 37.2 Å². The number of hydrogen-bond acceptors (Lipinski definition) is 9. The lowest BCUT2D eigenvalue weighted by Crippen LogP contribution is -2.48. The molecule has 2 aliphatic heterocycles. The molecule has 1 amide bonds. The number of fused-ring (bicyclic) bond motifs is 1. The molecule has 0 radical (unpaired) electrons. The van der Waals surface area contributed by atoms with Gasteiger partial charge in [-0.15, -0.1) is 0 Å². The van der Waals surface area contributed by atoms with Gasteiger partial charge in [-0.1, -0.05) is 11.6 Å². The number of ether oxygens (including phenoxy) is 2. The van der Waals surface area contributed by atoms with Crippen molar-refractivity contribution < 1.29 is 14.3 Å². The minimum Gasteiger partial charge on any atom is -0.494 e. The number of carbonyl (C=O) groups is 1. The fraction of sp³-hybridized carbons (Fsp3) is 0.379. The Morgan fingerprint density at radius 3 is 2.61 bits per heavy atom. The fourth-order valence-electron chi connectivity index (χ4n) is 5.30. The second-order valence-corrected chi connectivity index (χ2v) is 10.6. The van der Waals surface area contributed by atoms with Crippen molar-refractivity contribution in [3.63, 3.8) is 0 Å². The Balaban J connectivity index is 1.20. The van der Waals surface area contributed by atoms with E-state index in [1.807, 2.05) is 33.7 Å². The van der Waals surface area contributed by atoms with Gasteiger partial charge < -0.3 is 24.6 Å². The molecule has 6 rings (SSSR count). The molecule has 2 aliphatic rings. The maximum atomic E-state index is 11.7. The number of benzene rings is 1. The number of pyridine rings is 1. The van der Waals surface area contributed by atoms with E-state index in [0.29, 0.717) is 35.5 Å². The molecule has 0 aliphatic carbocycles. The van der Waals surface area contributed by atoms with Crippen LogP contribution in [0.2, 0.25) is 5.02 Å². The monoisotopic (exact) mass is 576 g/mol. The highest BCUT2D eigenvalue weighted by atomic mass is 35.5. The third-order valence-electron chi connectivity index (χ3n) is 7.60. The summed E-state index contributed by atoms with van der Waals surface area (Å²) in [5.41, 5.74) is 5.15. The molecule has 0 atom stereocenters. The van der Waals surface area contributed by atoms with E-state index in [4.69, 9.17) is 26.1 Å². The van der Waals surface area contributed by atoms with Gasteiger partial charge in [-0.25, -0.2) is 15.0 Å². The van der Waals surface area contributed by atoms with Crippen molar-refractivity contribution in [2.75, 3.05) is 69.8 Å². The number of anilines is 3. The molecule has 2 fully saturated rings. The first-order valence-electron chi connectivity index (χ1n) is 13.7. The lowest BCUT2D eigenvalue weighted by Gasteiger charge is -2.35. The Morgan fingerprint density at radius 2 is 1.85 bits per heavy atom. The zero-order valence-corrected chi connectivity index (χ0v) is 24.0. The number of piperazine rings is 1. The van der Waals surface area contributed by atoms with Gasteiger partial charge in [0.2, 0.25) is 11.9 Å². The maximum Gasteiger partial charge on any atom is 0.227 e. The van der Waals surface area contributed by atoms with Gasteiger partial charge in [0.05, 0.1) is 49.1 Å². The lowest BCUT2D eigenvalue weighted by atomic mass is 10.2. The second kappa shape index (κ2) is 11.9. The zero-order valence-electron chi connectivity index (χ0n) is 23.2. The van der Waals surface area contributed by atoms with Gasteiger partial charge in [-0.2, -0.15) is 0 Å². The Labute approximate surface area is 243 Å². The van der Waals surface area contributed by atoms with Crippen molar-refractivity contribution in [3.8, 4) is 17.1 Å². The van der Waals surface area contributed by atoms with E-state index in [-0.39, 0.29) is 5.91 Å². The summed E-state index contributed by atoms with van der Waals surface area (Å²) in [5.74, 6) is 1.17. The van der Waals surface area contributed by atoms with Crippen molar-refractivity contribution >= 4 is 40.5 Å². The third-order valence-corrected chi connectivity index (χ3v) is 7.87. The second-order valence-electron chi connectivity index (χ2n) is 10.2. The number of morpholine rings is 1. The smallest absolute Gasteiger partial charge is 0.227 e. The first kappa shape index (κ1) is 27.3. The van der Waals surface area contributed by atoms with Crippen LogP contribution in [0.5, 0.6) is 5.75 Å². The van der Waals surface area contributed by atoms with Crippen LogP contribution in [0.4, 0.5) is 17.3 Å². The molecule has 4 aromatic rings. The van der Waals surface area contributed by atoms with Crippen LogP contribution in [0.3, 0.4) is 0 Å². The summed E-state index contributed by atoms with van der Waals surface area (Å²) in [7, 11) is 1.64. The summed E-state index contributed by atoms with van der Waals surface area (Å²) in [6.07, 6.45) is 5.39. The molecule has 11 nitrogen and oxygen atoms in total. The molecule has 12 heteroatoms. The highest BCUT2D eigenvalue weighted by molar-refractivity contribution is 6.32. The summed E-state index contributed by atoms with van der Waals surface area (Å²) in [4.78, 5) is 32.0. The molecule has 0 spiro atoms. The van der Waals surface area contributed by atoms with Crippen molar-refractivity contribution in [2.45, 2.75) is 13.5 Å². The third kappa shape index (κ3) is 5.92. The number of aromatic nitrogens is 4. The van der Waals surface area contributed by atoms with Crippen LogP contribution < -0.4 is 15.0 Å². The van der Waals surface area contributed by atoms with Crippen LogP contribution in [0.15, 0.2) is 48.9 Å². The zero-order chi connectivity index (χ0) is 28.3. The highest BCUT2D eigenvalue weighted by Gasteiger charge is 2.20. The molecule has 0 saturated carbocycles. The fourth-order valence-corrected chi connectivity index (χ4v) is 5.49. The molecule has 2 saturated heterocycles. The number of halogens is 1. The predicted octanol–water partition coefficient (Wildman–Crippen LogP) is 3.70. The number of methoxy groups -OCH3 is 1. The number of nitrogens with zero attached hydrogens (tertiary/aromatic N) is 7. The van der Waals surface area contributed by atoms with Crippen LogP contribution in [-0.4, -0.2) is 94.7 Å². The number of imidazole rings is 1. The quantitative estimate of drug-likeness (QED) is 0.353. The molecule has 1 aromatic carbocycles. The van der Waals surface area contributed by atoms with Gasteiger partial charge >= 0.3 is 0 Å². The van der Waals surface area contributed by atoms with E-state index in [1.165, 1.54) is 5.56 Å². The molecule has 3 aromatic heterocycles. The van der Waals surface area contributed by atoms with Crippen LogP contribution in [-0.2, 0) is 16.1 Å². The lowest BCUT2D eigenvalue weighted by molar-refractivity contribution is -0.129. The van der Waals surface area contributed by atoms with Crippen LogP contribution in [0, 0.1) is 0 Å². The molecular formula is C29H33ClN8O3. The Kier molecular flexibility index (Phi) is 7.91. The van der Waals surface area contributed by atoms with Crippen LogP contribution in [0.25, 0.3) is 17.0 Å². The van der Waals surface area contributed by atoms with E-state index in [1.54, 1.807) is 26.4 Å². The maximum absolute atomic E-state index is 11.7. The number of carbonyl (C=O) groups excluding carboxylic acids is 1. The molecule has 0 unspecified atom stereocenters. The minimum atomic E-state index is 0.113. The van der Waals surface area contributed by atoms with Gasteiger partial charge in [-0.3, -0.25) is 14.1 Å². The molecule has 41 heavy (non-hydrogen) atoms. The topological polar surface area (TPSA) is 100 Å². The first-order chi connectivity index (χ1) is 20.0. The largest absolute Gasteiger partial charge is 0.494 e. The summed E-state index contributed by atoms with van der Waals surface area (Å²) in [6, 6.07) is 10.2. The number of rotatable bonds is 7. The molecule has 214 valence electrons. The summed E-state index contributed by atoms with van der Waals surface area (Å²) >= 11 is 6.58. The highest BCUT2D eigenvalue weighted by Crippen LogP contribution is 2.33. The SMILES string of the molecule is COc1cc(N2CCN(C(C)=O)CC2)ccc1Nc1ncc(Cl)c(-c2cnc3cc(CN4CCOCC4)ccn23)n1. The first-order valence-corrected chi connectivity index (χ1v) is 14.1. The molecule has 1 N–H and O–H groups in total. The Hall–Kier alpha value is -3.93. The number of hydrogen-bond donors (Lipinski definition) is 1. The summed E-state index contributed by atoms with van der Waals surface area (Å²) in [5, 5.41) is 3.72. The van der Waals surface area contributed by atoms with Gasteiger partial charge in [-0.05, 0) is 29.8 Å². The Morgan fingerprint density at radius 1 is 1.05 bits per heavy atom. The summed E-state index contributed by atoms with van der Waals surface area (Å²) in [6.45, 7) is 8.84. The average Bonchev–Trinajstić information content (AvgIpc) is 3.42. The summed E-state index contributed by atoms with van der Waals surface area (Å²) < 4.78 is 13.1. The van der Waals surface area contributed by atoms with Gasteiger partial charge in [0.25, 0.3) is 0 Å². The van der Waals surface area contributed by atoms with Gasteiger partial charge in [0, 0.05) is 70.7 Å². The van der Waals surface area contributed by atoms with Crippen LogP contribution >= 0.6 is 11.6 Å². The van der Waals surface area contributed by atoms with Crippen LogP contribution in [0.1, 0.15) is 12.5 Å². The molecule has 5 heterocycles. The van der Waals surface area contributed by atoms with E-state index in [0.717, 1.165) is 68.7 Å². The van der Waals surface area contributed by atoms with E-state index in [9.17, 15) is 4.79 Å². The number of amides is 1. The molecular weight excluding hydrogens is 544 g/mol.